The molecule has 2 aromatic carbocycles. The van der Waals surface area contributed by atoms with Gasteiger partial charge in [0.2, 0.25) is 11.8 Å². The molecule has 1 atom stereocenters. The fourth-order valence-corrected chi connectivity index (χ4v) is 3.83. The molecule has 166 valence electrons. The van der Waals surface area contributed by atoms with Gasteiger partial charge in [0.15, 0.2) is 0 Å². The summed E-state index contributed by atoms with van der Waals surface area (Å²) in [5.41, 5.74) is 1.41. The summed E-state index contributed by atoms with van der Waals surface area (Å²) in [6.45, 7) is 3.68. The van der Waals surface area contributed by atoms with Gasteiger partial charge in [-0.1, -0.05) is 12.1 Å². The predicted octanol–water partition coefficient (Wildman–Crippen LogP) is 4.24. The van der Waals surface area contributed by atoms with Crippen LogP contribution in [-0.4, -0.2) is 37.5 Å². The van der Waals surface area contributed by atoms with E-state index in [1.807, 2.05) is 18.2 Å². The summed E-state index contributed by atoms with van der Waals surface area (Å²) in [6, 6.07) is 13.6. The molecule has 3 rings (SSSR count). The molecule has 0 aliphatic carbocycles. The first-order chi connectivity index (χ1) is 15.4. The topological polar surface area (TPSA) is 93.7 Å². The maximum atomic E-state index is 12.5. The van der Waals surface area contributed by atoms with Crippen molar-refractivity contribution in [3.63, 3.8) is 0 Å². The molecule has 3 aromatic rings. The van der Waals surface area contributed by atoms with Gasteiger partial charge in [0.05, 0.1) is 13.7 Å². The second kappa shape index (κ2) is 10.6. The quantitative estimate of drug-likeness (QED) is 0.394. The first-order valence-corrected chi connectivity index (χ1v) is 10.9. The minimum Gasteiger partial charge on any atom is -0.497 e. The van der Waals surface area contributed by atoms with E-state index >= 15 is 0 Å². The fourth-order valence-electron chi connectivity index (χ4n) is 2.89. The number of thiophene rings is 1. The number of amides is 2. The number of carbonyl (C=O) groups is 3. The molecule has 7 nitrogen and oxygen atoms in total. The van der Waals surface area contributed by atoms with E-state index in [1.54, 1.807) is 57.4 Å². The highest BCUT2D eigenvalue weighted by Crippen LogP contribution is 2.28. The zero-order valence-electron chi connectivity index (χ0n) is 18.0. The van der Waals surface area contributed by atoms with Crippen molar-refractivity contribution in [3.8, 4) is 5.75 Å². The summed E-state index contributed by atoms with van der Waals surface area (Å²) in [6.07, 6.45) is 3.03. The summed E-state index contributed by atoms with van der Waals surface area (Å²) in [5, 5.41) is 6.26. The van der Waals surface area contributed by atoms with Crippen molar-refractivity contribution < 1.29 is 23.9 Å². The molecule has 2 amide bonds. The van der Waals surface area contributed by atoms with Gasteiger partial charge in [-0.2, -0.15) is 0 Å². The average molecular weight is 453 g/mol. The minimum absolute atomic E-state index is 0.313. The zero-order chi connectivity index (χ0) is 23.1. The van der Waals surface area contributed by atoms with Crippen molar-refractivity contribution in [3.05, 3.63) is 65.0 Å². The Morgan fingerprint density at radius 1 is 1.09 bits per heavy atom. The van der Waals surface area contributed by atoms with Crippen LogP contribution < -0.4 is 15.4 Å². The normalized spacial score (nSPS) is 11.8. The van der Waals surface area contributed by atoms with Crippen LogP contribution in [0.5, 0.6) is 5.75 Å². The van der Waals surface area contributed by atoms with Crippen LogP contribution in [0.15, 0.2) is 54.6 Å². The van der Waals surface area contributed by atoms with Crippen molar-refractivity contribution in [2.45, 2.75) is 19.9 Å². The molecule has 1 heterocycles. The van der Waals surface area contributed by atoms with E-state index in [0.717, 1.165) is 21.4 Å². The second-order valence-electron chi connectivity index (χ2n) is 6.91. The lowest BCUT2D eigenvalue weighted by Gasteiger charge is -2.13. The molecule has 8 heteroatoms. The standard InChI is InChI=1S/C24H24N2O5S/c1-4-31-24(29)21-14-17-13-18(8-11-20(17)32-21)26-23(28)15(2)25-22(27)12-7-16-5-9-19(30-3)10-6-16/h5-15H,4H2,1-3H3,(H,25,27)(H,26,28)/b12-7+. The molecule has 0 fully saturated rings. The van der Waals surface area contributed by atoms with Crippen molar-refractivity contribution in [2.24, 2.45) is 0 Å². The molecule has 0 radical (unpaired) electrons. The summed E-state index contributed by atoms with van der Waals surface area (Å²) in [7, 11) is 1.59. The molecule has 32 heavy (non-hydrogen) atoms. The van der Waals surface area contributed by atoms with Gasteiger partial charge >= 0.3 is 5.97 Å². The van der Waals surface area contributed by atoms with Gasteiger partial charge in [0.25, 0.3) is 0 Å². The van der Waals surface area contributed by atoms with E-state index < -0.39 is 6.04 Å². The fraction of sp³-hybridized carbons (Fsp3) is 0.208. The number of hydrogen-bond donors (Lipinski definition) is 2. The maximum Gasteiger partial charge on any atom is 0.348 e. The molecule has 0 spiro atoms. The van der Waals surface area contributed by atoms with Gasteiger partial charge in [-0.15, -0.1) is 11.3 Å². The number of ether oxygens (including phenoxy) is 2. The van der Waals surface area contributed by atoms with Crippen molar-refractivity contribution in [1.29, 1.82) is 0 Å². The third-order valence-corrected chi connectivity index (χ3v) is 5.65. The molecule has 0 aliphatic rings. The first kappa shape index (κ1) is 23.0. The van der Waals surface area contributed by atoms with Gasteiger partial charge < -0.3 is 20.1 Å². The lowest BCUT2D eigenvalue weighted by molar-refractivity contribution is -0.123. The van der Waals surface area contributed by atoms with Crippen LogP contribution in [0, 0.1) is 0 Å². The summed E-state index contributed by atoms with van der Waals surface area (Å²) >= 11 is 1.33. The Kier molecular flexibility index (Phi) is 7.62. The predicted molar refractivity (Wildman–Crippen MR) is 126 cm³/mol. The number of hydrogen-bond acceptors (Lipinski definition) is 6. The van der Waals surface area contributed by atoms with E-state index in [1.165, 1.54) is 17.4 Å². The zero-order valence-corrected chi connectivity index (χ0v) is 18.8. The Labute approximate surface area is 190 Å². The molecule has 2 N–H and O–H groups in total. The number of benzene rings is 2. The van der Waals surface area contributed by atoms with Crippen LogP contribution in [0.4, 0.5) is 5.69 Å². The number of nitrogens with one attached hydrogen (secondary N) is 2. The maximum absolute atomic E-state index is 12.5. The van der Waals surface area contributed by atoms with Gasteiger partial charge in [-0.25, -0.2) is 4.79 Å². The Morgan fingerprint density at radius 2 is 1.84 bits per heavy atom. The minimum atomic E-state index is -0.740. The third kappa shape index (κ3) is 5.95. The molecule has 1 unspecified atom stereocenters. The van der Waals surface area contributed by atoms with Crippen LogP contribution in [-0.2, 0) is 14.3 Å². The molecule has 0 saturated heterocycles. The van der Waals surface area contributed by atoms with Crippen LogP contribution in [0.25, 0.3) is 16.2 Å². The van der Waals surface area contributed by atoms with Crippen LogP contribution in [0.2, 0.25) is 0 Å². The van der Waals surface area contributed by atoms with E-state index in [4.69, 9.17) is 9.47 Å². The number of methoxy groups -OCH3 is 1. The van der Waals surface area contributed by atoms with E-state index in [2.05, 4.69) is 10.6 Å². The molecular weight excluding hydrogens is 428 g/mol. The van der Waals surface area contributed by atoms with E-state index in [9.17, 15) is 14.4 Å². The lowest BCUT2D eigenvalue weighted by atomic mass is 10.2. The second-order valence-corrected chi connectivity index (χ2v) is 7.99. The monoisotopic (exact) mass is 452 g/mol. The van der Waals surface area contributed by atoms with Gasteiger partial charge in [0, 0.05) is 16.5 Å². The smallest absolute Gasteiger partial charge is 0.348 e. The number of anilines is 1. The third-order valence-electron chi connectivity index (χ3n) is 4.56. The Morgan fingerprint density at radius 3 is 2.53 bits per heavy atom. The van der Waals surface area contributed by atoms with Crippen molar-refractivity contribution in [2.75, 3.05) is 19.0 Å². The van der Waals surface area contributed by atoms with Crippen molar-refractivity contribution >= 4 is 51.0 Å². The number of esters is 1. The molecule has 0 bridgehead atoms. The molecular formula is C24H24N2O5S. The molecule has 1 aromatic heterocycles. The Hall–Kier alpha value is -3.65. The largest absolute Gasteiger partial charge is 0.497 e. The molecule has 0 aliphatic heterocycles. The van der Waals surface area contributed by atoms with Gasteiger partial charge in [0.1, 0.15) is 16.7 Å². The van der Waals surface area contributed by atoms with E-state index in [0.29, 0.717) is 17.2 Å². The van der Waals surface area contributed by atoms with E-state index in [-0.39, 0.29) is 17.8 Å². The van der Waals surface area contributed by atoms with Crippen LogP contribution >= 0.6 is 11.3 Å². The SMILES string of the molecule is CCOC(=O)c1cc2cc(NC(=O)C(C)NC(=O)/C=C/c3ccc(OC)cc3)ccc2s1. The van der Waals surface area contributed by atoms with Gasteiger partial charge in [-0.05, 0) is 67.3 Å². The summed E-state index contributed by atoms with van der Waals surface area (Å²) in [5.74, 6) is -0.361. The average Bonchev–Trinajstić information content (AvgIpc) is 3.22. The van der Waals surface area contributed by atoms with Gasteiger partial charge in [-0.3, -0.25) is 9.59 Å². The highest BCUT2D eigenvalue weighted by Gasteiger charge is 2.16. The van der Waals surface area contributed by atoms with Crippen LogP contribution in [0.3, 0.4) is 0 Å². The Balaban J connectivity index is 1.58. The highest BCUT2D eigenvalue weighted by atomic mass is 32.1. The van der Waals surface area contributed by atoms with Crippen LogP contribution in [0.1, 0.15) is 29.1 Å². The number of rotatable bonds is 8. The number of carbonyl (C=O) groups excluding carboxylic acids is 3. The first-order valence-electron chi connectivity index (χ1n) is 10.0. The number of fused-ring (bicyclic) bond motifs is 1. The summed E-state index contributed by atoms with van der Waals surface area (Å²) in [4.78, 5) is 37.1. The lowest BCUT2D eigenvalue weighted by Crippen LogP contribution is -2.40. The molecule has 0 saturated carbocycles. The Bertz CT molecular complexity index is 1150. The highest BCUT2D eigenvalue weighted by molar-refractivity contribution is 7.20. The van der Waals surface area contributed by atoms with Crippen molar-refractivity contribution in [1.82, 2.24) is 5.32 Å². The summed E-state index contributed by atoms with van der Waals surface area (Å²) < 4.78 is 11.0.